The van der Waals surface area contributed by atoms with Gasteiger partial charge in [-0.1, -0.05) is 0 Å². The number of nitro benzene ring substituents is 1. The Labute approximate surface area is 96.0 Å². The number of nitrogens with two attached hydrogens (primary N) is 1. The van der Waals surface area contributed by atoms with Crippen LogP contribution in [0.15, 0.2) is 28.3 Å². The topological polar surface area (TPSA) is 106 Å². The Kier molecular flexibility index (Phi) is 4.09. The highest BCUT2D eigenvalue weighted by Gasteiger charge is 2.08. The molecule has 0 aromatic heterocycles. The lowest BCUT2D eigenvalue weighted by Crippen LogP contribution is -2.26. The second-order valence-electron chi connectivity index (χ2n) is 2.94. The SMILES string of the molecule is CN=C(N)N/N=C/c1cc([N+](=O)[O-])ccc1F. The molecule has 7 nitrogen and oxygen atoms in total. The van der Waals surface area contributed by atoms with E-state index in [2.05, 4.69) is 15.5 Å². The molecule has 0 atom stereocenters. The molecule has 0 aliphatic rings. The van der Waals surface area contributed by atoms with E-state index in [0.717, 1.165) is 24.4 Å². The van der Waals surface area contributed by atoms with Crippen LogP contribution in [0.3, 0.4) is 0 Å². The zero-order chi connectivity index (χ0) is 12.8. The zero-order valence-electron chi connectivity index (χ0n) is 8.92. The Morgan fingerprint density at radius 3 is 2.94 bits per heavy atom. The molecule has 0 amide bonds. The number of benzene rings is 1. The number of nitrogens with one attached hydrogen (secondary N) is 1. The fourth-order valence-corrected chi connectivity index (χ4v) is 0.962. The van der Waals surface area contributed by atoms with Crippen LogP contribution in [0.4, 0.5) is 10.1 Å². The van der Waals surface area contributed by atoms with E-state index >= 15 is 0 Å². The van der Waals surface area contributed by atoms with Crippen molar-refractivity contribution in [3.63, 3.8) is 0 Å². The fraction of sp³-hybridized carbons (Fsp3) is 0.111. The number of hydrazone groups is 1. The smallest absolute Gasteiger partial charge is 0.270 e. The standard InChI is InChI=1S/C9H10FN5O2/c1-12-9(11)14-13-5-6-4-7(15(16)17)2-3-8(6)10/h2-5H,1H3,(H3,11,12,14)/b13-5+. The second kappa shape index (κ2) is 5.54. The molecule has 1 aromatic rings. The van der Waals surface area contributed by atoms with Gasteiger partial charge < -0.3 is 5.73 Å². The lowest BCUT2D eigenvalue weighted by atomic mass is 10.2. The van der Waals surface area contributed by atoms with Crippen molar-refractivity contribution in [1.82, 2.24) is 5.43 Å². The van der Waals surface area contributed by atoms with Crippen LogP contribution in [0.25, 0.3) is 0 Å². The first-order chi connectivity index (χ1) is 8.04. The first-order valence-electron chi connectivity index (χ1n) is 4.50. The molecular formula is C9H10FN5O2. The van der Waals surface area contributed by atoms with Gasteiger partial charge in [0.2, 0.25) is 5.96 Å². The van der Waals surface area contributed by atoms with Gasteiger partial charge in [0.15, 0.2) is 0 Å². The van der Waals surface area contributed by atoms with Crippen LogP contribution in [0, 0.1) is 15.9 Å². The molecule has 0 unspecified atom stereocenters. The van der Waals surface area contributed by atoms with Gasteiger partial charge in [-0.15, -0.1) is 0 Å². The lowest BCUT2D eigenvalue weighted by Gasteiger charge is -1.98. The van der Waals surface area contributed by atoms with Gasteiger partial charge in [0.1, 0.15) is 5.82 Å². The van der Waals surface area contributed by atoms with Crippen molar-refractivity contribution in [1.29, 1.82) is 0 Å². The molecule has 0 bridgehead atoms. The van der Waals surface area contributed by atoms with E-state index in [0.29, 0.717) is 0 Å². The Balaban J connectivity index is 2.90. The van der Waals surface area contributed by atoms with E-state index in [1.54, 1.807) is 0 Å². The lowest BCUT2D eigenvalue weighted by molar-refractivity contribution is -0.384. The molecular weight excluding hydrogens is 229 g/mol. The molecule has 0 fully saturated rings. The number of halogens is 1. The summed E-state index contributed by atoms with van der Waals surface area (Å²) < 4.78 is 13.2. The third kappa shape index (κ3) is 3.52. The minimum Gasteiger partial charge on any atom is -0.369 e. The van der Waals surface area contributed by atoms with Gasteiger partial charge in [0, 0.05) is 24.7 Å². The molecule has 0 spiro atoms. The number of nitrogens with zero attached hydrogens (tertiary/aromatic N) is 3. The van der Waals surface area contributed by atoms with Crippen molar-refractivity contribution in [2.24, 2.45) is 15.8 Å². The number of guanidine groups is 1. The predicted octanol–water partition coefficient (Wildman–Crippen LogP) is 0.602. The van der Waals surface area contributed by atoms with Crippen molar-refractivity contribution in [2.75, 3.05) is 7.05 Å². The van der Waals surface area contributed by atoms with Crippen LogP contribution in [0.1, 0.15) is 5.56 Å². The largest absolute Gasteiger partial charge is 0.369 e. The molecule has 3 N–H and O–H groups in total. The molecule has 0 heterocycles. The fourth-order valence-electron chi connectivity index (χ4n) is 0.962. The number of rotatable bonds is 3. The van der Waals surface area contributed by atoms with Crippen LogP contribution in [0.5, 0.6) is 0 Å². The van der Waals surface area contributed by atoms with Gasteiger partial charge in [0.05, 0.1) is 11.1 Å². The van der Waals surface area contributed by atoms with E-state index in [-0.39, 0.29) is 17.2 Å². The van der Waals surface area contributed by atoms with Crippen LogP contribution in [-0.2, 0) is 0 Å². The number of aliphatic imine (C=N–C) groups is 1. The summed E-state index contributed by atoms with van der Waals surface area (Å²) in [4.78, 5) is 13.4. The molecule has 1 aromatic carbocycles. The Bertz CT molecular complexity index is 486. The molecule has 90 valence electrons. The van der Waals surface area contributed by atoms with Crippen LogP contribution in [-0.4, -0.2) is 24.1 Å². The summed E-state index contributed by atoms with van der Waals surface area (Å²) in [6, 6.07) is 3.14. The number of hydrogen-bond donors (Lipinski definition) is 2. The highest BCUT2D eigenvalue weighted by molar-refractivity contribution is 5.83. The molecule has 0 aliphatic carbocycles. The molecule has 17 heavy (non-hydrogen) atoms. The van der Waals surface area contributed by atoms with Crippen molar-refractivity contribution in [2.45, 2.75) is 0 Å². The van der Waals surface area contributed by atoms with E-state index in [1.807, 2.05) is 0 Å². The summed E-state index contributed by atoms with van der Waals surface area (Å²) in [5.74, 6) is -0.569. The second-order valence-corrected chi connectivity index (χ2v) is 2.94. The highest BCUT2D eigenvalue weighted by Crippen LogP contribution is 2.15. The first-order valence-corrected chi connectivity index (χ1v) is 4.50. The Morgan fingerprint density at radius 1 is 1.65 bits per heavy atom. The summed E-state index contributed by atoms with van der Waals surface area (Å²) >= 11 is 0. The minimum absolute atomic E-state index is 0.0180. The third-order valence-electron chi connectivity index (χ3n) is 1.81. The molecule has 1 rings (SSSR count). The quantitative estimate of drug-likeness (QED) is 0.348. The van der Waals surface area contributed by atoms with Crippen LogP contribution < -0.4 is 11.2 Å². The van der Waals surface area contributed by atoms with E-state index in [9.17, 15) is 14.5 Å². The van der Waals surface area contributed by atoms with Crippen molar-refractivity contribution >= 4 is 17.9 Å². The molecule has 0 saturated carbocycles. The summed E-state index contributed by atoms with van der Waals surface area (Å²) in [6.45, 7) is 0. The maximum atomic E-state index is 13.2. The van der Waals surface area contributed by atoms with Crippen LogP contribution >= 0.6 is 0 Å². The Morgan fingerprint density at radius 2 is 2.35 bits per heavy atom. The third-order valence-corrected chi connectivity index (χ3v) is 1.81. The van der Waals surface area contributed by atoms with E-state index < -0.39 is 10.7 Å². The van der Waals surface area contributed by atoms with Gasteiger partial charge in [-0.05, 0) is 6.07 Å². The van der Waals surface area contributed by atoms with Crippen molar-refractivity contribution < 1.29 is 9.31 Å². The maximum Gasteiger partial charge on any atom is 0.270 e. The van der Waals surface area contributed by atoms with E-state index in [1.165, 1.54) is 7.05 Å². The van der Waals surface area contributed by atoms with E-state index in [4.69, 9.17) is 5.73 Å². The average Bonchev–Trinajstić information content (AvgIpc) is 2.30. The van der Waals surface area contributed by atoms with Crippen LogP contribution in [0.2, 0.25) is 0 Å². The molecule has 0 saturated heterocycles. The molecule has 8 heteroatoms. The zero-order valence-corrected chi connectivity index (χ0v) is 8.92. The number of nitro groups is 1. The molecule has 0 radical (unpaired) electrons. The maximum absolute atomic E-state index is 13.2. The van der Waals surface area contributed by atoms with Crippen molar-refractivity contribution in [3.8, 4) is 0 Å². The average molecular weight is 239 g/mol. The number of hydrogen-bond acceptors (Lipinski definition) is 4. The van der Waals surface area contributed by atoms with Gasteiger partial charge >= 0.3 is 0 Å². The highest BCUT2D eigenvalue weighted by atomic mass is 19.1. The van der Waals surface area contributed by atoms with Crippen molar-refractivity contribution in [3.05, 3.63) is 39.7 Å². The van der Waals surface area contributed by atoms with Gasteiger partial charge in [-0.3, -0.25) is 15.1 Å². The normalized spacial score (nSPS) is 11.8. The summed E-state index contributed by atoms with van der Waals surface area (Å²) in [6.07, 6.45) is 1.08. The summed E-state index contributed by atoms with van der Waals surface area (Å²) in [7, 11) is 1.45. The Hall–Kier alpha value is -2.51. The predicted molar refractivity (Wildman–Crippen MR) is 61.3 cm³/mol. The van der Waals surface area contributed by atoms with Gasteiger partial charge in [-0.2, -0.15) is 5.10 Å². The van der Waals surface area contributed by atoms with Gasteiger partial charge in [-0.25, -0.2) is 9.82 Å². The first kappa shape index (κ1) is 12.6. The number of non-ortho nitro benzene ring substituents is 1. The summed E-state index contributed by atoms with van der Waals surface area (Å²) in [5, 5.41) is 14.1. The monoisotopic (exact) mass is 239 g/mol. The van der Waals surface area contributed by atoms with Gasteiger partial charge in [0.25, 0.3) is 5.69 Å². The minimum atomic E-state index is -0.619. The molecule has 0 aliphatic heterocycles. The summed E-state index contributed by atoms with van der Waals surface area (Å²) in [5.41, 5.74) is 7.36.